The summed E-state index contributed by atoms with van der Waals surface area (Å²) < 4.78 is 1.08. The van der Waals surface area contributed by atoms with E-state index in [1.807, 2.05) is 24.3 Å². The lowest BCUT2D eigenvalue weighted by Gasteiger charge is -2.29. The molecule has 1 aliphatic heterocycles. The van der Waals surface area contributed by atoms with Crippen molar-refractivity contribution in [1.29, 1.82) is 0 Å². The van der Waals surface area contributed by atoms with Gasteiger partial charge in [0, 0.05) is 10.2 Å². The number of hydrogen-bond acceptors (Lipinski definition) is 2. The van der Waals surface area contributed by atoms with Crippen LogP contribution in [-0.4, -0.2) is 0 Å². The Kier molecular flexibility index (Phi) is 4.32. The number of hydrogen-bond donors (Lipinski definition) is 1. The molecule has 0 aromatic heterocycles. The van der Waals surface area contributed by atoms with Gasteiger partial charge in [0.1, 0.15) is 5.82 Å². The van der Waals surface area contributed by atoms with Gasteiger partial charge in [-0.15, -0.1) is 0 Å². The molecule has 0 saturated carbocycles. The highest BCUT2D eigenvalue weighted by Crippen LogP contribution is 2.28. The van der Waals surface area contributed by atoms with Crippen molar-refractivity contribution in [2.24, 2.45) is 5.73 Å². The highest BCUT2D eigenvalue weighted by molar-refractivity contribution is 9.10. The third kappa shape index (κ3) is 2.85. The highest BCUT2D eigenvalue weighted by Gasteiger charge is 2.16. The summed E-state index contributed by atoms with van der Waals surface area (Å²) in [5, 5.41) is 0. The predicted octanol–water partition coefficient (Wildman–Crippen LogP) is 0.730. The number of rotatable bonds is 1. The van der Waals surface area contributed by atoms with Crippen LogP contribution in [0, 0.1) is 0 Å². The van der Waals surface area contributed by atoms with Gasteiger partial charge < -0.3 is 27.6 Å². The minimum atomic E-state index is 0. The molecule has 0 bridgehead atoms. The van der Waals surface area contributed by atoms with Crippen molar-refractivity contribution < 1.29 is 17.0 Å². The molecule has 98 valence electrons. The van der Waals surface area contributed by atoms with Crippen molar-refractivity contribution in [3.63, 3.8) is 0 Å². The maximum Gasteiger partial charge on any atom is 0.104 e. The van der Waals surface area contributed by atoms with Gasteiger partial charge in [-0.3, -0.25) is 0 Å². The van der Waals surface area contributed by atoms with Crippen molar-refractivity contribution >= 4 is 27.7 Å². The molecule has 3 rings (SSSR count). The average Bonchev–Trinajstić information content (AvgIpc) is 2.39. The molecule has 0 amide bonds. The molecule has 0 atom stereocenters. The van der Waals surface area contributed by atoms with E-state index in [0.717, 1.165) is 22.5 Å². The number of anilines is 1. The van der Waals surface area contributed by atoms with Crippen LogP contribution in [0.3, 0.4) is 0 Å². The lowest BCUT2D eigenvalue weighted by molar-refractivity contribution is -0.00000346. The Balaban J connectivity index is 0.00000133. The summed E-state index contributed by atoms with van der Waals surface area (Å²) in [4.78, 5) is 2.12. The molecule has 1 heterocycles. The molecular formula is C15H13Br2N2-. The zero-order valence-corrected chi connectivity index (χ0v) is 13.4. The third-order valence-electron chi connectivity index (χ3n) is 3.14. The van der Waals surface area contributed by atoms with Crippen molar-refractivity contribution in [3.05, 3.63) is 70.0 Å². The van der Waals surface area contributed by atoms with Gasteiger partial charge in [-0.2, -0.15) is 0 Å². The van der Waals surface area contributed by atoms with E-state index in [1.54, 1.807) is 0 Å². The maximum absolute atomic E-state index is 6.14. The fraction of sp³-hybridized carbons (Fsp3) is 0.0667. The van der Waals surface area contributed by atoms with E-state index in [1.165, 1.54) is 11.1 Å². The molecular weight excluding hydrogens is 368 g/mol. The fourth-order valence-corrected chi connectivity index (χ4v) is 2.44. The van der Waals surface area contributed by atoms with Crippen LogP contribution in [0.4, 0.5) is 5.69 Å². The molecule has 0 fully saturated rings. The maximum atomic E-state index is 6.14. The predicted molar refractivity (Wildman–Crippen MR) is 78.9 cm³/mol. The van der Waals surface area contributed by atoms with E-state index in [4.69, 9.17) is 5.73 Å². The molecule has 0 aliphatic carbocycles. The van der Waals surface area contributed by atoms with Gasteiger partial charge in [0.15, 0.2) is 0 Å². The fourth-order valence-electron chi connectivity index (χ4n) is 2.18. The van der Waals surface area contributed by atoms with Crippen molar-refractivity contribution in [2.75, 3.05) is 4.90 Å². The summed E-state index contributed by atoms with van der Waals surface area (Å²) in [6, 6.07) is 16.5. The second kappa shape index (κ2) is 5.80. The van der Waals surface area contributed by atoms with Gasteiger partial charge in [0.05, 0.1) is 6.54 Å². The Morgan fingerprint density at radius 3 is 2.42 bits per heavy atom. The summed E-state index contributed by atoms with van der Waals surface area (Å²) in [7, 11) is 0. The van der Waals surface area contributed by atoms with Crippen molar-refractivity contribution in [3.8, 4) is 0 Å². The van der Waals surface area contributed by atoms with E-state index >= 15 is 0 Å². The van der Waals surface area contributed by atoms with E-state index in [2.05, 4.69) is 51.2 Å². The zero-order valence-electron chi connectivity index (χ0n) is 10.2. The standard InChI is InChI=1S/C15H13BrN2.BrH/c16-13-5-7-14(8-6-13)18-10-12-4-2-1-3-11(12)9-15(18)17;/h1-9H,10,17H2;1H/p-1. The van der Waals surface area contributed by atoms with Gasteiger partial charge in [0.2, 0.25) is 0 Å². The smallest absolute Gasteiger partial charge is 0.104 e. The molecule has 2 aromatic carbocycles. The molecule has 0 radical (unpaired) electrons. The van der Waals surface area contributed by atoms with Crippen LogP contribution >= 0.6 is 15.9 Å². The SMILES string of the molecule is NC1=Cc2ccccc2CN1c1ccc(Br)cc1.[Br-]. The first kappa shape index (κ1) is 14.2. The van der Waals surface area contributed by atoms with Crippen molar-refractivity contribution in [2.45, 2.75) is 6.54 Å². The van der Waals surface area contributed by atoms with Crippen LogP contribution in [0.25, 0.3) is 6.08 Å². The van der Waals surface area contributed by atoms with Crippen LogP contribution < -0.4 is 27.6 Å². The number of benzene rings is 2. The summed E-state index contributed by atoms with van der Waals surface area (Å²) in [5.74, 6) is 0.788. The monoisotopic (exact) mass is 379 g/mol. The molecule has 19 heavy (non-hydrogen) atoms. The van der Waals surface area contributed by atoms with Crippen LogP contribution in [0.5, 0.6) is 0 Å². The number of nitrogens with zero attached hydrogens (tertiary/aromatic N) is 1. The van der Waals surface area contributed by atoms with E-state index in [9.17, 15) is 0 Å². The number of nitrogens with two attached hydrogens (primary N) is 1. The summed E-state index contributed by atoms with van der Waals surface area (Å²) in [6.45, 7) is 0.820. The molecule has 2 nitrogen and oxygen atoms in total. The molecule has 2 aromatic rings. The van der Waals surface area contributed by atoms with Crippen LogP contribution in [-0.2, 0) is 6.54 Å². The molecule has 2 N–H and O–H groups in total. The largest absolute Gasteiger partial charge is 1.00 e. The van der Waals surface area contributed by atoms with E-state index in [0.29, 0.717) is 0 Å². The minimum absolute atomic E-state index is 0. The van der Waals surface area contributed by atoms with Gasteiger partial charge in [-0.1, -0.05) is 40.2 Å². The van der Waals surface area contributed by atoms with Gasteiger partial charge in [0.25, 0.3) is 0 Å². The van der Waals surface area contributed by atoms with Crippen molar-refractivity contribution in [1.82, 2.24) is 0 Å². The Morgan fingerprint density at radius 1 is 1.00 bits per heavy atom. The first-order valence-corrected chi connectivity index (χ1v) is 6.61. The second-order valence-corrected chi connectivity index (χ2v) is 5.25. The summed E-state index contributed by atoms with van der Waals surface area (Å²) in [5.41, 5.74) is 9.76. The quantitative estimate of drug-likeness (QED) is 0.790. The normalized spacial score (nSPS) is 13.3. The van der Waals surface area contributed by atoms with Crippen LogP contribution in [0.2, 0.25) is 0 Å². The van der Waals surface area contributed by atoms with E-state index < -0.39 is 0 Å². The first-order valence-electron chi connectivity index (χ1n) is 5.82. The molecule has 1 aliphatic rings. The van der Waals surface area contributed by atoms with Crippen LogP contribution in [0.1, 0.15) is 11.1 Å². The first-order chi connectivity index (χ1) is 8.74. The molecule has 0 unspecified atom stereocenters. The average molecular weight is 381 g/mol. The highest BCUT2D eigenvalue weighted by atomic mass is 79.9. The second-order valence-electron chi connectivity index (χ2n) is 4.33. The third-order valence-corrected chi connectivity index (χ3v) is 3.67. The lowest BCUT2D eigenvalue weighted by Crippen LogP contribution is -3.00. The zero-order chi connectivity index (χ0) is 12.5. The Bertz CT molecular complexity index is 606. The topological polar surface area (TPSA) is 29.3 Å². The lowest BCUT2D eigenvalue weighted by atomic mass is 10.0. The number of halogens is 2. The Labute approximate surface area is 131 Å². The Morgan fingerprint density at radius 2 is 1.68 bits per heavy atom. The summed E-state index contributed by atoms with van der Waals surface area (Å²) in [6.07, 6.45) is 2.03. The van der Waals surface area contributed by atoms with Gasteiger partial charge in [-0.25, -0.2) is 0 Å². The van der Waals surface area contributed by atoms with Gasteiger partial charge >= 0.3 is 0 Å². The van der Waals surface area contributed by atoms with Gasteiger partial charge in [-0.05, 0) is 41.5 Å². The van der Waals surface area contributed by atoms with Crippen LogP contribution in [0.15, 0.2) is 58.8 Å². The number of fused-ring (bicyclic) bond motifs is 1. The molecule has 4 heteroatoms. The minimum Gasteiger partial charge on any atom is -1.00 e. The Hall–Kier alpha value is -1.26. The summed E-state index contributed by atoms with van der Waals surface area (Å²) >= 11 is 3.45. The van der Waals surface area contributed by atoms with E-state index in [-0.39, 0.29) is 17.0 Å². The molecule has 0 spiro atoms. The molecule has 0 saturated heterocycles.